The van der Waals surface area contributed by atoms with Crippen LogP contribution >= 0.6 is 0 Å². The van der Waals surface area contributed by atoms with Gasteiger partial charge in [0, 0.05) is 25.0 Å². The van der Waals surface area contributed by atoms with Crippen molar-refractivity contribution in [1.82, 2.24) is 10.2 Å². The first-order valence-corrected chi connectivity index (χ1v) is 8.50. The molecule has 2 amide bonds. The molecule has 0 spiro atoms. The average Bonchev–Trinajstić information content (AvgIpc) is 3.39. The summed E-state index contributed by atoms with van der Waals surface area (Å²) >= 11 is 0. The number of amides is 2. The lowest BCUT2D eigenvalue weighted by molar-refractivity contribution is 0.0229. The number of likely N-dealkylation sites (tertiary alicyclic amines) is 1. The summed E-state index contributed by atoms with van der Waals surface area (Å²) in [7, 11) is 0. The van der Waals surface area contributed by atoms with E-state index in [1.54, 1.807) is 24.3 Å². The topological polar surface area (TPSA) is 69.6 Å². The maximum Gasteiger partial charge on any atom is 0.335 e. The number of carboxylic acids is 1. The number of rotatable bonds is 5. The van der Waals surface area contributed by atoms with Gasteiger partial charge < -0.3 is 15.3 Å². The minimum Gasteiger partial charge on any atom is -0.478 e. The molecular formula is C18H22N2O3. The number of nitrogens with one attached hydrogen (secondary N) is 1. The van der Waals surface area contributed by atoms with Gasteiger partial charge in [0.2, 0.25) is 0 Å². The first-order chi connectivity index (χ1) is 11.1. The van der Waals surface area contributed by atoms with Crippen LogP contribution in [0.25, 0.3) is 0 Å². The number of urea groups is 1. The Kier molecular flexibility index (Phi) is 3.51. The van der Waals surface area contributed by atoms with E-state index >= 15 is 0 Å². The summed E-state index contributed by atoms with van der Waals surface area (Å²) in [5.74, 6) is 1.41. The first kappa shape index (κ1) is 14.5. The third kappa shape index (κ3) is 2.92. The summed E-state index contributed by atoms with van der Waals surface area (Å²) in [6.45, 7) is 1.36. The Morgan fingerprint density at radius 3 is 2.30 bits per heavy atom. The van der Waals surface area contributed by atoms with Crippen LogP contribution in [0.4, 0.5) is 4.79 Å². The van der Waals surface area contributed by atoms with Gasteiger partial charge in [-0.25, -0.2) is 9.59 Å². The molecule has 5 nitrogen and oxygen atoms in total. The standard InChI is InChI=1S/C18H22N2O3/c21-17(22)14-3-1-11(2-4-14)9-19-18(23)20-10-15(12-5-6-12)16(20)13-7-8-13/h1-4,12-13,15-16H,5-10H2,(H,19,23)(H,21,22). The van der Waals surface area contributed by atoms with E-state index < -0.39 is 5.97 Å². The summed E-state index contributed by atoms with van der Waals surface area (Å²) in [4.78, 5) is 25.3. The predicted octanol–water partition coefficient (Wildman–Crippen LogP) is 2.71. The molecule has 1 aromatic rings. The Morgan fingerprint density at radius 1 is 1.09 bits per heavy atom. The predicted molar refractivity (Wildman–Crippen MR) is 85.1 cm³/mol. The molecule has 1 heterocycles. The van der Waals surface area contributed by atoms with Gasteiger partial charge in [-0.05, 0) is 55.2 Å². The molecule has 1 aromatic carbocycles. The van der Waals surface area contributed by atoms with Gasteiger partial charge in [-0.1, -0.05) is 12.1 Å². The minimum atomic E-state index is -0.931. The molecule has 0 radical (unpaired) electrons. The zero-order chi connectivity index (χ0) is 16.0. The zero-order valence-corrected chi connectivity index (χ0v) is 13.1. The fourth-order valence-electron chi connectivity index (χ4n) is 3.81. The Balaban J connectivity index is 1.32. The van der Waals surface area contributed by atoms with Crippen LogP contribution in [0, 0.1) is 17.8 Å². The number of aromatic carboxylic acids is 1. The molecule has 3 aliphatic rings. The molecule has 2 saturated carbocycles. The van der Waals surface area contributed by atoms with E-state index in [-0.39, 0.29) is 11.6 Å². The van der Waals surface area contributed by atoms with Crippen molar-refractivity contribution >= 4 is 12.0 Å². The average molecular weight is 314 g/mol. The van der Waals surface area contributed by atoms with E-state index in [0.29, 0.717) is 12.6 Å². The highest BCUT2D eigenvalue weighted by atomic mass is 16.4. The summed E-state index contributed by atoms with van der Waals surface area (Å²) in [6.07, 6.45) is 5.24. The number of carboxylic acid groups (broad SMARTS) is 1. The minimum absolute atomic E-state index is 0.0288. The second-order valence-corrected chi connectivity index (χ2v) is 7.14. The van der Waals surface area contributed by atoms with Crippen molar-refractivity contribution in [3.05, 3.63) is 35.4 Å². The Hall–Kier alpha value is -2.04. The Morgan fingerprint density at radius 2 is 1.74 bits per heavy atom. The maximum atomic E-state index is 12.4. The molecule has 2 aliphatic carbocycles. The van der Waals surface area contributed by atoms with Crippen LogP contribution in [0.1, 0.15) is 41.6 Å². The van der Waals surface area contributed by atoms with Crippen molar-refractivity contribution in [1.29, 1.82) is 0 Å². The Bertz CT molecular complexity index is 620. The lowest BCUT2D eigenvalue weighted by atomic mass is 9.81. The molecule has 2 unspecified atom stereocenters. The van der Waals surface area contributed by atoms with Crippen molar-refractivity contribution in [2.45, 2.75) is 38.3 Å². The SMILES string of the molecule is O=C(O)c1ccc(CNC(=O)N2CC(C3CC3)C2C2CC2)cc1. The van der Waals surface area contributed by atoms with E-state index in [0.717, 1.165) is 29.9 Å². The highest BCUT2D eigenvalue weighted by Gasteiger charge is 2.54. The quantitative estimate of drug-likeness (QED) is 0.878. The van der Waals surface area contributed by atoms with Gasteiger partial charge in [-0.3, -0.25) is 0 Å². The number of hydrogen-bond donors (Lipinski definition) is 2. The van der Waals surface area contributed by atoms with Gasteiger partial charge in [0.05, 0.1) is 5.56 Å². The van der Waals surface area contributed by atoms with E-state index in [4.69, 9.17) is 5.11 Å². The van der Waals surface area contributed by atoms with Crippen LogP contribution in [-0.4, -0.2) is 34.6 Å². The zero-order valence-electron chi connectivity index (χ0n) is 13.1. The van der Waals surface area contributed by atoms with Gasteiger partial charge in [0.15, 0.2) is 0 Å². The van der Waals surface area contributed by atoms with E-state index in [9.17, 15) is 9.59 Å². The highest BCUT2D eigenvalue weighted by molar-refractivity contribution is 5.87. The summed E-state index contributed by atoms with van der Waals surface area (Å²) in [5.41, 5.74) is 1.19. The number of carbonyl (C=O) groups is 2. The maximum absolute atomic E-state index is 12.4. The number of benzene rings is 1. The van der Waals surface area contributed by atoms with Gasteiger partial charge in [0.1, 0.15) is 0 Å². The normalized spacial score (nSPS) is 26.5. The molecule has 1 saturated heterocycles. The summed E-state index contributed by atoms with van der Waals surface area (Å²) in [5, 5.41) is 11.9. The summed E-state index contributed by atoms with van der Waals surface area (Å²) in [6, 6.07) is 7.15. The molecule has 3 fully saturated rings. The van der Waals surface area contributed by atoms with Crippen LogP contribution in [0.15, 0.2) is 24.3 Å². The molecule has 0 bridgehead atoms. The van der Waals surface area contributed by atoms with Gasteiger partial charge >= 0.3 is 12.0 Å². The lowest BCUT2D eigenvalue weighted by Crippen LogP contribution is -2.62. The van der Waals surface area contributed by atoms with E-state index in [1.165, 1.54) is 25.7 Å². The monoisotopic (exact) mass is 314 g/mol. The van der Waals surface area contributed by atoms with Crippen molar-refractivity contribution in [2.75, 3.05) is 6.54 Å². The van der Waals surface area contributed by atoms with Crippen molar-refractivity contribution in [2.24, 2.45) is 17.8 Å². The van der Waals surface area contributed by atoms with Gasteiger partial charge in [-0.15, -0.1) is 0 Å². The molecule has 4 rings (SSSR count). The lowest BCUT2D eigenvalue weighted by Gasteiger charge is -2.49. The molecule has 1 aliphatic heterocycles. The van der Waals surface area contributed by atoms with E-state index in [1.807, 2.05) is 4.90 Å². The first-order valence-electron chi connectivity index (χ1n) is 8.50. The van der Waals surface area contributed by atoms with Crippen LogP contribution in [0.3, 0.4) is 0 Å². The number of carbonyl (C=O) groups excluding carboxylic acids is 1. The number of hydrogen-bond acceptors (Lipinski definition) is 2. The van der Waals surface area contributed by atoms with Gasteiger partial charge in [-0.2, -0.15) is 0 Å². The second kappa shape index (κ2) is 5.55. The fraction of sp³-hybridized carbons (Fsp3) is 0.556. The number of nitrogens with zero attached hydrogens (tertiary/aromatic N) is 1. The Labute approximate surface area is 135 Å². The van der Waals surface area contributed by atoms with Crippen molar-refractivity contribution < 1.29 is 14.7 Å². The third-order valence-corrected chi connectivity index (χ3v) is 5.44. The molecule has 2 N–H and O–H groups in total. The van der Waals surface area contributed by atoms with Crippen LogP contribution < -0.4 is 5.32 Å². The van der Waals surface area contributed by atoms with Crippen molar-refractivity contribution in [3.63, 3.8) is 0 Å². The third-order valence-electron chi connectivity index (χ3n) is 5.44. The van der Waals surface area contributed by atoms with Crippen LogP contribution in [-0.2, 0) is 6.54 Å². The molecular weight excluding hydrogens is 292 g/mol. The molecule has 23 heavy (non-hydrogen) atoms. The second-order valence-electron chi connectivity index (χ2n) is 7.14. The van der Waals surface area contributed by atoms with E-state index in [2.05, 4.69) is 5.32 Å². The molecule has 0 aromatic heterocycles. The molecule has 122 valence electrons. The molecule has 2 atom stereocenters. The van der Waals surface area contributed by atoms with Crippen molar-refractivity contribution in [3.8, 4) is 0 Å². The fourth-order valence-corrected chi connectivity index (χ4v) is 3.81. The summed E-state index contributed by atoms with van der Waals surface area (Å²) < 4.78 is 0. The highest BCUT2D eigenvalue weighted by Crippen LogP contribution is 2.52. The van der Waals surface area contributed by atoms with Gasteiger partial charge in [0.25, 0.3) is 0 Å². The van der Waals surface area contributed by atoms with Crippen LogP contribution in [0.2, 0.25) is 0 Å². The molecule has 5 heteroatoms. The van der Waals surface area contributed by atoms with Crippen LogP contribution in [0.5, 0.6) is 0 Å². The largest absolute Gasteiger partial charge is 0.478 e. The smallest absolute Gasteiger partial charge is 0.335 e.